The summed E-state index contributed by atoms with van der Waals surface area (Å²) in [4.78, 5) is 8.70. The summed E-state index contributed by atoms with van der Waals surface area (Å²) < 4.78 is 36.2. The van der Waals surface area contributed by atoms with Gasteiger partial charge >= 0.3 is 6.18 Å². The van der Waals surface area contributed by atoms with E-state index in [1.54, 1.807) is 7.05 Å². The Kier molecular flexibility index (Phi) is 12.0. The van der Waals surface area contributed by atoms with Crippen molar-refractivity contribution in [2.45, 2.75) is 25.4 Å². The van der Waals surface area contributed by atoms with Crippen molar-refractivity contribution in [1.82, 2.24) is 20.4 Å². The molecule has 0 radical (unpaired) electrons. The maximum absolute atomic E-state index is 12.1. The van der Waals surface area contributed by atoms with Crippen LogP contribution in [-0.4, -0.2) is 81.8 Å². The number of nitrogens with one attached hydrogen (secondary N) is 2. The Bertz CT molecular complexity index is 339. The predicted octanol–water partition coefficient (Wildman–Crippen LogP) is 1.75. The number of hydrogen-bond donors (Lipinski definition) is 2. The van der Waals surface area contributed by atoms with Gasteiger partial charge in [0, 0.05) is 33.2 Å². The van der Waals surface area contributed by atoms with Crippen LogP contribution in [0.2, 0.25) is 0 Å². The molecule has 0 spiro atoms. The maximum atomic E-state index is 12.1. The fraction of sp³-hybridized carbons (Fsp3) is 0.929. The van der Waals surface area contributed by atoms with E-state index < -0.39 is 12.6 Å². The Balaban J connectivity index is 0.00000484. The minimum Gasteiger partial charge on any atom is -0.356 e. The smallest absolute Gasteiger partial charge is 0.356 e. The molecule has 1 heterocycles. The number of rotatable bonds is 6. The highest BCUT2D eigenvalue weighted by Crippen LogP contribution is 2.17. The van der Waals surface area contributed by atoms with Crippen LogP contribution in [0.15, 0.2) is 4.99 Å². The van der Waals surface area contributed by atoms with Crippen molar-refractivity contribution in [3.05, 3.63) is 0 Å². The average molecular weight is 451 g/mol. The second-order valence-electron chi connectivity index (χ2n) is 5.64. The molecular weight excluding hydrogens is 422 g/mol. The number of likely N-dealkylation sites (N-methyl/N-ethyl adjacent to an activating group) is 1. The first kappa shape index (κ1) is 22.7. The monoisotopic (exact) mass is 451 g/mol. The van der Waals surface area contributed by atoms with E-state index in [4.69, 9.17) is 0 Å². The third kappa shape index (κ3) is 11.8. The second kappa shape index (κ2) is 12.1. The third-order valence-electron chi connectivity index (χ3n) is 3.68. The van der Waals surface area contributed by atoms with Gasteiger partial charge in [0.2, 0.25) is 0 Å². The van der Waals surface area contributed by atoms with Crippen LogP contribution in [0.3, 0.4) is 0 Å². The highest BCUT2D eigenvalue weighted by atomic mass is 127. The zero-order valence-corrected chi connectivity index (χ0v) is 16.3. The van der Waals surface area contributed by atoms with Crippen molar-refractivity contribution in [3.8, 4) is 0 Å². The van der Waals surface area contributed by atoms with Crippen molar-refractivity contribution >= 4 is 29.9 Å². The van der Waals surface area contributed by atoms with Crippen molar-refractivity contribution in [1.29, 1.82) is 0 Å². The molecule has 0 unspecified atom stereocenters. The Labute approximate surface area is 154 Å². The standard InChI is InChI=1S/C14H28F3N5.HI/c1-18-13(20-7-5-14(15,16)17)19-6-3-9-22-10-4-8-21(2)11-12-22;/h3-12H2,1-2H3,(H2,18,19,20);1H. The van der Waals surface area contributed by atoms with Crippen LogP contribution < -0.4 is 10.6 Å². The molecule has 23 heavy (non-hydrogen) atoms. The summed E-state index contributed by atoms with van der Waals surface area (Å²) >= 11 is 0. The van der Waals surface area contributed by atoms with E-state index >= 15 is 0 Å². The van der Waals surface area contributed by atoms with Gasteiger partial charge in [-0.15, -0.1) is 24.0 Å². The third-order valence-corrected chi connectivity index (χ3v) is 3.68. The normalized spacial score (nSPS) is 18.2. The molecule has 0 atom stereocenters. The molecule has 0 aromatic heterocycles. The van der Waals surface area contributed by atoms with Crippen LogP contribution in [0.25, 0.3) is 0 Å². The molecule has 1 aliphatic rings. The molecule has 0 aromatic carbocycles. The summed E-state index contributed by atoms with van der Waals surface area (Å²) in [6.07, 6.45) is -2.85. The SMILES string of the molecule is CN=C(NCCCN1CCCN(C)CC1)NCCC(F)(F)F.I. The molecule has 5 nitrogen and oxygen atoms in total. The Hall–Kier alpha value is -0.290. The molecule has 0 bridgehead atoms. The molecule has 1 rings (SSSR count). The number of hydrogen-bond acceptors (Lipinski definition) is 3. The van der Waals surface area contributed by atoms with Gasteiger partial charge in [-0.25, -0.2) is 0 Å². The van der Waals surface area contributed by atoms with Gasteiger partial charge in [0.25, 0.3) is 0 Å². The topological polar surface area (TPSA) is 42.9 Å². The van der Waals surface area contributed by atoms with Crippen LogP contribution in [0.1, 0.15) is 19.3 Å². The second-order valence-corrected chi connectivity index (χ2v) is 5.64. The van der Waals surface area contributed by atoms with E-state index in [1.807, 2.05) is 0 Å². The van der Waals surface area contributed by atoms with Gasteiger partial charge in [-0.1, -0.05) is 0 Å². The fourth-order valence-corrected chi connectivity index (χ4v) is 2.38. The summed E-state index contributed by atoms with van der Waals surface area (Å²) in [7, 11) is 3.70. The van der Waals surface area contributed by atoms with Gasteiger partial charge in [-0.3, -0.25) is 4.99 Å². The van der Waals surface area contributed by atoms with E-state index in [2.05, 4.69) is 32.5 Å². The molecule has 1 fully saturated rings. The number of nitrogens with zero attached hydrogens (tertiary/aromatic N) is 3. The van der Waals surface area contributed by atoms with E-state index in [-0.39, 0.29) is 30.5 Å². The molecule has 2 N–H and O–H groups in total. The Morgan fingerprint density at radius 1 is 1.09 bits per heavy atom. The lowest BCUT2D eigenvalue weighted by Gasteiger charge is -2.20. The highest BCUT2D eigenvalue weighted by molar-refractivity contribution is 14.0. The highest BCUT2D eigenvalue weighted by Gasteiger charge is 2.26. The van der Waals surface area contributed by atoms with Gasteiger partial charge in [0.15, 0.2) is 5.96 Å². The summed E-state index contributed by atoms with van der Waals surface area (Å²) in [6, 6.07) is 0. The largest absolute Gasteiger partial charge is 0.390 e. The fourth-order valence-electron chi connectivity index (χ4n) is 2.38. The van der Waals surface area contributed by atoms with Crippen molar-refractivity contribution in [2.24, 2.45) is 4.99 Å². The first-order valence-electron chi connectivity index (χ1n) is 7.83. The van der Waals surface area contributed by atoms with Gasteiger partial charge in [0.05, 0.1) is 6.42 Å². The van der Waals surface area contributed by atoms with Crippen LogP contribution in [0.4, 0.5) is 13.2 Å². The molecule has 138 valence electrons. The van der Waals surface area contributed by atoms with Gasteiger partial charge in [-0.05, 0) is 39.5 Å². The number of alkyl halides is 3. The maximum Gasteiger partial charge on any atom is 0.390 e. The lowest BCUT2D eigenvalue weighted by atomic mass is 10.3. The van der Waals surface area contributed by atoms with E-state index in [9.17, 15) is 13.2 Å². The van der Waals surface area contributed by atoms with E-state index in [0.717, 1.165) is 39.1 Å². The zero-order valence-electron chi connectivity index (χ0n) is 14.0. The molecule has 0 aromatic rings. The van der Waals surface area contributed by atoms with Crippen LogP contribution >= 0.6 is 24.0 Å². The molecule has 0 aliphatic carbocycles. The summed E-state index contributed by atoms with van der Waals surface area (Å²) in [5, 5.41) is 5.73. The quantitative estimate of drug-likeness (QED) is 0.280. The summed E-state index contributed by atoms with van der Waals surface area (Å²) in [5.41, 5.74) is 0. The number of guanidine groups is 1. The lowest BCUT2D eigenvalue weighted by molar-refractivity contribution is -0.132. The minimum atomic E-state index is -4.13. The molecule has 9 heteroatoms. The summed E-state index contributed by atoms with van der Waals surface area (Å²) in [6.45, 7) is 5.98. The van der Waals surface area contributed by atoms with Gasteiger partial charge in [0.1, 0.15) is 0 Å². The molecule has 0 amide bonds. The molecule has 0 saturated carbocycles. The Morgan fingerprint density at radius 2 is 1.78 bits per heavy atom. The van der Waals surface area contributed by atoms with Crippen LogP contribution in [0, 0.1) is 0 Å². The number of halogens is 4. The van der Waals surface area contributed by atoms with Crippen molar-refractivity contribution < 1.29 is 13.2 Å². The first-order valence-corrected chi connectivity index (χ1v) is 7.83. The van der Waals surface area contributed by atoms with Crippen LogP contribution in [0.5, 0.6) is 0 Å². The van der Waals surface area contributed by atoms with Crippen LogP contribution in [-0.2, 0) is 0 Å². The molecular formula is C14H29F3IN5. The average Bonchev–Trinajstić information content (AvgIpc) is 2.65. The van der Waals surface area contributed by atoms with E-state index in [0.29, 0.717) is 12.5 Å². The van der Waals surface area contributed by atoms with Crippen molar-refractivity contribution in [2.75, 3.05) is 59.9 Å². The summed E-state index contributed by atoms with van der Waals surface area (Å²) in [5.74, 6) is 0.430. The zero-order chi connectivity index (χ0) is 16.4. The van der Waals surface area contributed by atoms with Gasteiger partial charge in [-0.2, -0.15) is 13.2 Å². The van der Waals surface area contributed by atoms with Gasteiger partial charge < -0.3 is 20.4 Å². The first-order chi connectivity index (χ1) is 10.4. The minimum absolute atomic E-state index is 0. The van der Waals surface area contributed by atoms with E-state index in [1.165, 1.54) is 6.42 Å². The van der Waals surface area contributed by atoms with Crippen molar-refractivity contribution in [3.63, 3.8) is 0 Å². The molecule has 1 aliphatic heterocycles. The number of aliphatic imine (C=N–C) groups is 1. The Morgan fingerprint density at radius 3 is 2.43 bits per heavy atom. The predicted molar refractivity (Wildman–Crippen MR) is 98.6 cm³/mol. The molecule has 1 saturated heterocycles. The lowest BCUT2D eigenvalue weighted by Crippen LogP contribution is -2.40.